The summed E-state index contributed by atoms with van der Waals surface area (Å²) in [6.45, 7) is 3.62. The van der Waals surface area contributed by atoms with Crippen LogP contribution >= 0.6 is 11.6 Å². The highest BCUT2D eigenvalue weighted by atomic mass is 35.5. The second kappa shape index (κ2) is 7.62. The summed E-state index contributed by atoms with van der Waals surface area (Å²) in [5.74, 6) is -0.906. The molecule has 1 amide bonds. The Morgan fingerprint density at radius 3 is 2.62 bits per heavy atom. The van der Waals surface area contributed by atoms with Crippen molar-refractivity contribution in [3.8, 4) is 0 Å². The lowest BCUT2D eigenvalue weighted by molar-refractivity contribution is -0.129. The predicted octanol–water partition coefficient (Wildman–Crippen LogP) is 3.99. The van der Waals surface area contributed by atoms with Crippen LogP contribution in [0.5, 0.6) is 0 Å². The van der Waals surface area contributed by atoms with Crippen LogP contribution in [0.3, 0.4) is 0 Å². The summed E-state index contributed by atoms with van der Waals surface area (Å²) in [4.78, 5) is 27.9. The van der Waals surface area contributed by atoms with Crippen molar-refractivity contribution in [2.24, 2.45) is 0 Å². The van der Waals surface area contributed by atoms with Gasteiger partial charge in [-0.1, -0.05) is 48.0 Å². The Labute approximate surface area is 156 Å². The number of carbonyl (C=O) groups is 2. The third-order valence-electron chi connectivity index (χ3n) is 4.16. The summed E-state index contributed by atoms with van der Waals surface area (Å²) in [7, 11) is 0. The number of hydrogen-bond donors (Lipinski definition) is 2. The fraction of sp³-hybridized carbons (Fsp3) is 0.200. The quantitative estimate of drug-likeness (QED) is 0.667. The number of halogens is 1. The average molecular weight is 371 g/mol. The van der Waals surface area contributed by atoms with Crippen molar-refractivity contribution in [2.45, 2.75) is 26.5 Å². The highest BCUT2D eigenvalue weighted by Gasteiger charge is 2.22. The Morgan fingerprint density at radius 1 is 1.15 bits per heavy atom. The molecule has 6 heteroatoms. The van der Waals surface area contributed by atoms with Crippen molar-refractivity contribution >= 4 is 34.4 Å². The Hall–Kier alpha value is -2.79. The number of ether oxygens (including phenoxy) is 1. The average Bonchev–Trinajstić information content (AvgIpc) is 2.96. The first-order valence-electron chi connectivity index (χ1n) is 8.26. The molecule has 0 aliphatic rings. The number of rotatable bonds is 5. The van der Waals surface area contributed by atoms with E-state index >= 15 is 0 Å². The minimum atomic E-state index is -0.918. The molecular weight excluding hydrogens is 352 g/mol. The normalized spacial score (nSPS) is 12.0. The molecule has 0 saturated carbocycles. The van der Waals surface area contributed by atoms with Gasteiger partial charge in [0.2, 0.25) is 0 Å². The topological polar surface area (TPSA) is 71.2 Å². The number of para-hydroxylation sites is 1. The number of aromatic nitrogens is 1. The molecule has 0 radical (unpaired) electrons. The molecule has 134 valence electrons. The van der Waals surface area contributed by atoms with Gasteiger partial charge in [-0.25, -0.2) is 4.79 Å². The van der Waals surface area contributed by atoms with Crippen LogP contribution in [0.4, 0.5) is 0 Å². The molecule has 2 N–H and O–H groups in total. The number of carbonyl (C=O) groups excluding carboxylic acids is 2. The van der Waals surface area contributed by atoms with E-state index in [0.717, 1.165) is 16.5 Å². The fourth-order valence-electron chi connectivity index (χ4n) is 2.78. The maximum absolute atomic E-state index is 12.5. The van der Waals surface area contributed by atoms with Crippen LogP contribution in [-0.4, -0.2) is 23.0 Å². The van der Waals surface area contributed by atoms with Crippen LogP contribution in [0, 0.1) is 6.92 Å². The summed E-state index contributed by atoms with van der Waals surface area (Å²) >= 11 is 6.07. The predicted molar refractivity (Wildman–Crippen MR) is 101 cm³/mol. The Bertz CT molecular complexity index is 965. The molecule has 1 atom stereocenters. The molecule has 0 fully saturated rings. The van der Waals surface area contributed by atoms with Crippen molar-refractivity contribution in [3.63, 3.8) is 0 Å². The van der Waals surface area contributed by atoms with Crippen LogP contribution < -0.4 is 5.32 Å². The van der Waals surface area contributed by atoms with E-state index < -0.39 is 12.1 Å². The van der Waals surface area contributed by atoms with Gasteiger partial charge in [0.05, 0.1) is 5.56 Å². The highest BCUT2D eigenvalue weighted by molar-refractivity contribution is 6.31. The van der Waals surface area contributed by atoms with Crippen molar-refractivity contribution in [1.82, 2.24) is 10.3 Å². The smallest absolute Gasteiger partial charge is 0.341 e. The van der Waals surface area contributed by atoms with Crippen LogP contribution in [-0.2, 0) is 16.1 Å². The number of esters is 1. The number of fused-ring (bicyclic) bond motifs is 1. The minimum Gasteiger partial charge on any atom is -0.449 e. The summed E-state index contributed by atoms with van der Waals surface area (Å²) in [5.41, 5.74) is 2.81. The molecule has 0 aliphatic heterocycles. The second-order valence-corrected chi connectivity index (χ2v) is 6.43. The van der Waals surface area contributed by atoms with Gasteiger partial charge in [0, 0.05) is 28.2 Å². The van der Waals surface area contributed by atoms with Gasteiger partial charge in [0.1, 0.15) is 0 Å². The van der Waals surface area contributed by atoms with Crippen molar-refractivity contribution in [3.05, 3.63) is 70.4 Å². The SMILES string of the molecule is Cc1[nH]c2ccccc2c1C(=O)OC(C)C(=O)NCc1ccccc1Cl. The van der Waals surface area contributed by atoms with Crippen molar-refractivity contribution < 1.29 is 14.3 Å². The maximum Gasteiger partial charge on any atom is 0.341 e. The Kier molecular flexibility index (Phi) is 5.28. The van der Waals surface area contributed by atoms with Gasteiger partial charge in [0.15, 0.2) is 6.10 Å². The van der Waals surface area contributed by atoms with Crippen molar-refractivity contribution in [1.29, 1.82) is 0 Å². The maximum atomic E-state index is 12.5. The molecule has 5 nitrogen and oxygen atoms in total. The molecular formula is C20H19ClN2O3. The standard InChI is InChI=1S/C20H19ClN2O3/c1-12-18(15-8-4-6-10-17(15)23-12)20(25)26-13(2)19(24)22-11-14-7-3-5-9-16(14)21/h3-10,13,23H,11H2,1-2H3,(H,22,24). The number of aromatic amines is 1. The molecule has 1 aromatic heterocycles. The number of benzene rings is 2. The largest absolute Gasteiger partial charge is 0.449 e. The molecule has 0 bridgehead atoms. The van der Waals surface area contributed by atoms with Crippen LogP contribution in [0.2, 0.25) is 5.02 Å². The van der Waals surface area contributed by atoms with Gasteiger partial charge in [-0.05, 0) is 31.5 Å². The van der Waals surface area contributed by atoms with E-state index in [4.69, 9.17) is 16.3 Å². The third kappa shape index (κ3) is 3.73. The fourth-order valence-corrected chi connectivity index (χ4v) is 2.98. The summed E-state index contributed by atoms with van der Waals surface area (Å²) in [6, 6.07) is 14.7. The van der Waals surface area contributed by atoms with Gasteiger partial charge >= 0.3 is 5.97 Å². The van der Waals surface area contributed by atoms with E-state index in [9.17, 15) is 9.59 Å². The molecule has 26 heavy (non-hydrogen) atoms. The summed E-state index contributed by atoms with van der Waals surface area (Å²) in [6.07, 6.45) is -0.918. The minimum absolute atomic E-state index is 0.270. The zero-order valence-corrected chi connectivity index (χ0v) is 15.3. The van der Waals surface area contributed by atoms with Crippen molar-refractivity contribution in [2.75, 3.05) is 0 Å². The number of amides is 1. The number of nitrogens with one attached hydrogen (secondary N) is 2. The lowest BCUT2D eigenvalue weighted by Gasteiger charge is -2.14. The van der Waals surface area contributed by atoms with E-state index in [-0.39, 0.29) is 12.5 Å². The molecule has 3 aromatic rings. The molecule has 0 saturated heterocycles. The first-order chi connectivity index (χ1) is 12.5. The van der Waals surface area contributed by atoms with Gasteiger partial charge in [-0.2, -0.15) is 0 Å². The lowest BCUT2D eigenvalue weighted by atomic mass is 10.1. The monoisotopic (exact) mass is 370 g/mol. The van der Waals surface area contributed by atoms with Crippen LogP contribution in [0.15, 0.2) is 48.5 Å². The molecule has 1 heterocycles. The molecule has 1 unspecified atom stereocenters. The first kappa shape index (κ1) is 18.0. The number of hydrogen-bond acceptors (Lipinski definition) is 3. The van der Waals surface area contributed by atoms with Crippen LogP contribution in [0.1, 0.15) is 28.5 Å². The summed E-state index contributed by atoms with van der Waals surface area (Å²) in [5, 5.41) is 4.09. The lowest BCUT2D eigenvalue weighted by Crippen LogP contribution is -2.35. The molecule has 0 spiro atoms. The first-order valence-corrected chi connectivity index (χ1v) is 8.64. The van der Waals surface area contributed by atoms with E-state index in [1.807, 2.05) is 42.5 Å². The molecule has 3 rings (SSSR count). The Balaban J connectivity index is 1.66. The zero-order chi connectivity index (χ0) is 18.7. The summed E-state index contributed by atoms with van der Waals surface area (Å²) < 4.78 is 5.36. The number of aryl methyl sites for hydroxylation is 1. The Morgan fingerprint density at radius 2 is 1.85 bits per heavy atom. The van der Waals surface area contributed by atoms with E-state index in [0.29, 0.717) is 16.3 Å². The van der Waals surface area contributed by atoms with Gasteiger partial charge in [-0.15, -0.1) is 0 Å². The van der Waals surface area contributed by atoms with Gasteiger partial charge in [-0.3, -0.25) is 4.79 Å². The van der Waals surface area contributed by atoms with Gasteiger partial charge < -0.3 is 15.0 Å². The van der Waals surface area contributed by atoms with Crippen LogP contribution in [0.25, 0.3) is 10.9 Å². The third-order valence-corrected chi connectivity index (χ3v) is 4.53. The van der Waals surface area contributed by atoms with Gasteiger partial charge in [0.25, 0.3) is 5.91 Å². The van der Waals surface area contributed by atoms with E-state index in [2.05, 4.69) is 10.3 Å². The second-order valence-electron chi connectivity index (χ2n) is 6.03. The number of H-pyrrole nitrogens is 1. The molecule has 2 aromatic carbocycles. The highest BCUT2D eigenvalue weighted by Crippen LogP contribution is 2.23. The zero-order valence-electron chi connectivity index (χ0n) is 14.5. The van der Waals surface area contributed by atoms with E-state index in [1.165, 1.54) is 0 Å². The molecule has 0 aliphatic carbocycles. The van der Waals surface area contributed by atoms with E-state index in [1.54, 1.807) is 19.9 Å².